The Kier molecular flexibility index (Phi) is 2.72. The minimum absolute atomic E-state index is 0.0419. The summed E-state index contributed by atoms with van der Waals surface area (Å²) in [5.74, 6) is 0. The van der Waals surface area contributed by atoms with E-state index in [9.17, 15) is 0 Å². The highest BCUT2D eigenvalue weighted by molar-refractivity contribution is 5.96. The summed E-state index contributed by atoms with van der Waals surface area (Å²) in [6, 6.07) is 10.2. The molecule has 2 N–H and O–H groups in total. The molecule has 1 aromatic carbocycles. The van der Waals surface area contributed by atoms with Crippen LogP contribution in [0, 0.1) is 5.41 Å². The molecule has 0 spiro atoms. The molecule has 16 heavy (non-hydrogen) atoms. The molecule has 1 atom stereocenters. The van der Waals surface area contributed by atoms with E-state index in [1.807, 2.05) is 23.2 Å². The molecule has 3 nitrogen and oxygen atoms in total. The number of para-hydroxylation sites is 1. The van der Waals surface area contributed by atoms with Crippen LogP contribution < -0.4 is 10.7 Å². The van der Waals surface area contributed by atoms with Crippen molar-refractivity contribution in [3.8, 4) is 0 Å². The van der Waals surface area contributed by atoms with Crippen molar-refractivity contribution in [1.82, 2.24) is 0 Å². The fourth-order valence-electron chi connectivity index (χ4n) is 1.99. The smallest absolute Gasteiger partial charge is 0.0653 e. The van der Waals surface area contributed by atoms with Crippen LogP contribution >= 0.6 is 0 Å². The maximum atomic E-state index is 6.12. The molecule has 0 bridgehead atoms. The minimum atomic E-state index is 0.0419. The third-order valence-electron chi connectivity index (χ3n) is 2.77. The van der Waals surface area contributed by atoms with Gasteiger partial charge in [0.05, 0.1) is 24.0 Å². The number of hydrazone groups is 1. The van der Waals surface area contributed by atoms with Gasteiger partial charge in [-0.05, 0) is 12.1 Å². The van der Waals surface area contributed by atoms with Crippen molar-refractivity contribution >= 4 is 11.4 Å². The SMILES string of the molecule is CC(C)(C)C1=NN(c2ccccc2)CC1N. The Balaban J connectivity index is 2.26. The number of nitrogens with two attached hydrogens (primary N) is 1. The van der Waals surface area contributed by atoms with Gasteiger partial charge in [0.15, 0.2) is 0 Å². The molecule has 2 rings (SSSR count). The Hall–Kier alpha value is -1.35. The largest absolute Gasteiger partial charge is 0.321 e. The van der Waals surface area contributed by atoms with Gasteiger partial charge in [0.2, 0.25) is 0 Å². The zero-order valence-corrected chi connectivity index (χ0v) is 10.1. The number of rotatable bonds is 1. The van der Waals surface area contributed by atoms with Crippen LogP contribution in [0.5, 0.6) is 0 Å². The molecule has 1 heterocycles. The van der Waals surface area contributed by atoms with Gasteiger partial charge in [-0.3, -0.25) is 5.01 Å². The van der Waals surface area contributed by atoms with E-state index in [4.69, 9.17) is 5.73 Å². The molecular formula is C13H19N3. The van der Waals surface area contributed by atoms with Gasteiger partial charge in [-0.1, -0.05) is 39.0 Å². The first-order valence-electron chi connectivity index (χ1n) is 5.65. The van der Waals surface area contributed by atoms with Gasteiger partial charge in [0, 0.05) is 5.41 Å². The van der Waals surface area contributed by atoms with E-state index < -0.39 is 0 Å². The second-order valence-corrected chi connectivity index (χ2v) is 5.26. The zero-order chi connectivity index (χ0) is 11.8. The summed E-state index contributed by atoms with van der Waals surface area (Å²) < 4.78 is 0. The first-order valence-corrected chi connectivity index (χ1v) is 5.65. The van der Waals surface area contributed by atoms with Crippen LogP contribution in [0.3, 0.4) is 0 Å². The highest BCUT2D eigenvalue weighted by atomic mass is 15.5. The van der Waals surface area contributed by atoms with E-state index in [1.54, 1.807) is 0 Å². The summed E-state index contributed by atoms with van der Waals surface area (Å²) in [5, 5.41) is 6.63. The maximum Gasteiger partial charge on any atom is 0.0653 e. The van der Waals surface area contributed by atoms with Gasteiger partial charge >= 0.3 is 0 Å². The standard InChI is InChI=1S/C13H19N3/c1-13(2,3)12-11(14)9-16(15-12)10-7-5-4-6-8-10/h4-8,11H,9,14H2,1-3H3. The summed E-state index contributed by atoms with van der Waals surface area (Å²) in [6.45, 7) is 7.23. The van der Waals surface area contributed by atoms with Gasteiger partial charge in [0.1, 0.15) is 0 Å². The zero-order valence-electron chi connectivity index (χ0n) is 10.1. The predicted octanol–water partition coefficient (Wildman–Crippen LogP) is 2.24. The Morgan fingerprint density at radius 2 is 1.88 bits per heavy atom. The van der Waals surface area contributed by atoms with Crippen LogP contribution in [0.25, 0.3) is 0 Å². The highest BCUT2D eigenvalue weighted by Gasteiger charge is 2.32. The lowest BCUT2D eigenvalue weighted by atomic mass is 9.86. The van der Waals surface area contributed by atoms with Crippen molar-refractivity contribution in [2.75, 3.05) is 11.6 Å². The predicted molar refractivity (Wildman–Crippen MR) is 68.7 cm³/mol. The van der Waals surface area contributed by atoms with E-state index >= 15 is 0 Å². The van der Waals surface area contributed by atoms with Crippen molar-refractivity contribution in [1.29, 1.82) is 0 Å². The first kappa shape index (κ1) is 11.1. The van der Waals surface area contributed by atoms with Gasteiger partial charge in [0.25, 0.3) is 0 Å². The Bertz CT molecular complexity index is 389. The number of hydrogen-bond acceptors (Lipinski definition) is 3. The van der Waals surface area contributed by atoms with Gasteiger partial charge in [-0.15, -0.1) is 0 Å². The second kappa shape index (κ2) is 3.91. The van der Waals surface area contributed by atoms with Crippen LogP contribution in [0.1, 0.15) is 20.8 Å². The molecular weight excluding hydrogens is 198 g/mol. The summed E-state index contributed by atoms with van der Waals surface area (Å²) in [6.07, 6.45) is 0. The minimum Gasteiger partial charge on any atom is -0.321 e. The summed E-state index contributed by atoms with van der Waals surface area (Å²) in [4.78, 5) is 0. The molecule has 0 saturated carbocycles. The molecule has 0 radical (unpaired) electrons. The molecule has 1 aliphatic rings. The third-order valence-corrected chi connectivity index (χ3v) is 2.77. The lowest BCUT2D eigenvalue weighted by Crippen LogP contribution is -2.39. The molecule has 0 aromatic heterocycles. The Labute approximate surface area is 96.9 Å². The normalized spacial score (nSPS) is 21.1. The summed E-state index contributed by atoms with van der Waals surface area (Å²) >= 11 is 0. The molecule has 0 amide bonds. The molecule has 0 saturated heterocycles. The van der Waals surface area contributed by atoms with E-state index in [2.05, 4.69) is 38.0 Å². The van der Waals surface area contributed by atoms with Gasteiger partial charge < -0.3 is 5.73 Å². The van der Waals surface area contributed by atoms with Crippen LogP contribution in [0.4, 0.5) is 5.69 Å². The van der Waals surface area contributed by atoms with Crippen molar-refractivity contribution in [2.24, 2.45) is 16.3 Å². The molecule has 0 aliphatic carbocycles. The monoisotopic (exact) mass is 217 g/mol. The quantitative estimate of drug-likeness (QED) is 0.783. The summed E-state index contributed by atoms with van der Waals surface area (Å²) in [5.41, 5.74) is 8.35. The second-order valence-electron chi connectivity index (χ2n) is 5.26. The lowest BCUT2D eigenvalue weighted by molar-refractivity contribution is 0.574. The average molecular weight is 217 g/mol. The molecule has 86 valence electrons. The van der Waals surface area contributed by atoms with Crippen LogP contribution in [-0.4, -0.2) is 18.3 Å². The fourth-order valence-corrected chi connectivity index (χ4v) is 1.99. The molecule has 3 heteroatoms. The van der Waals surface area contributed by atoms with E-state index in [1.165, 1.54) is 0 Å². The molecule has 1 aliphatic heterocycles. The van der Waals surface area contributed by atoms with Gasteiger partial charge in [-0.25, -0.2) is 0 Å². The first-order chi connectivity index (χ1) is 7.48. The van der Waals surface area contributed by atoms with Crippen molar-refractivity contribution in [3.05, 3.63) is 30.3 Å². The molecule has 0 fully saturated rings. The number of benzene rings is 1. The topological polar surface area (TPSA) is 41.6 Å². The van der Waals surface area contributed by atoms with Crippen molar-refractivity contribution in [2.45, 2.75) is 26.8 Å². The number of nitrogens with zero attached hydrogens (tertiary/aromatic N) is 2. The highest BCUT2D eigenvalue weighted by Crippen LogP contribution is 2.26. The Morgan fingerprint density at radius 3 is 2.38 bits per heavy atom. The molecule has 1 aromatic rings. The third kappa shape index (κ3) is 2.09. The van der Waals surface area contributed by atoms with Crippen LogP contribution in [0.2, 0.25) is 0 Å². The average Bonchev–Trinajstić information content (AvgIpc) is 2.61. The van der Waals surface area contributed by atoms with Gasteiger partial charge in [-0.2, -0.15) is 5.10 Å². The van der Waals surface area contributed by atoms with E-state index in [0.29, 0.717) is 0 Å². The van der Waals surface area contributed by atoms with E-state index in [-0.39, 0.29) is 11.5 Å². The maximum absolute atomic E-state index is 6.12. The van der Waals surface area contributed by atoms with Crippen molar-refractivity contribution < 1.29 is 0 Å². The fraction of sp³-hybridized carbons (Fsp3) is 0.462. The number of anilines is 1. The van der Waals surface area contributed by atoms with Crippen molar-refractivity contribution in [3.63, 3.8) is 0 Å². The Morgan fingerprint density at radius 1 is 1.25 bits per heavy atom. The van der Waals surface area contributed by atoms with Crippen LogP contribution in [0.15, 0.2) is 35.4 Å². The molecule has 1 unspecified atom stereocenters. The summed E-state index contributed by atoms with van der Waals surface area (Å²) in [7, 11) is 0. The number of hydrogen-bond donors (Lipinski definition) is 1. The van der Waals surface area contributed by atoms with Crippen LogP contribution in [-0.2, 0) is 0 Å². The lowest BCUT2D eigenvalue weighted by Gasteiger charge is -2.20. The van der Waals surface area contributed by atoms with E-state index in [0.717, 1.165) is 17.9 Å².